The third-order valence-electron chi connectivity index (χ3n) is 2.66. The van der Waals surface area contributed by atoms with Crippen LogP contribution in [-0.2, 0) is 6.61 Å². The lowest BCUT2D eigenvalue weighted by atomic mass is 10.0. The number of ether oxygens (including phenoxy) is 2. The smallest absolute Gasteiger partial charge is 0.292 e. The first-order valence-corrected chi connectivity index (χ1v) is 5.83. The fraction of sp³-hybridized carbons (Fsp3) is 0.143. The molecule has 1 aromatic carbocycles. The molecule has 0 aliphatic carbocycles. The van der Waals surface area contributed by atoms with E-state index in [4.69, 9.17) is 19.9 Å². The lowest BCUT2D eigenvalue weighted by Crippen LogP contribution is -2.03. The summed E-state index contributed by atoms with van der Waals surface area (Å²) in [5.74, 6) is 0.684. The van der Waals surface area contributed by atoms with Gasteiger partial charge in [0.25, 0.3) is 6.26 Å². The van der Waals surface area contributed by atoms with Crippen molar-refractivity contribution < 1.29 is 14.7 Å². The Morgan fingerprint density at radius 1 is 1.50 bits per heavy atom. The van der Waals surface area contributed by atoms with Gasteiger partial charge in [0.1, 0.15) is 12.4 Å². The Hall–Kier alpha value is -2.94. The maximum absolute atomic E-state index is 9.08. The van der Waals surface area contributed by atoms with Gasteiger partial charge in [-0.05, 0) is 18.6 Å². The monoisotopic (exact) mass is 271 g/mol. The van der Waals surface area contributed by atoms with Gasteiger partial charge in [0.15, 0.2) is 0 Å². The molecule has 0 amide bonds. The van der Waals surface area contributed by atoms with E-state index in [0.29, 0.717) is 16.2 Å². The third kappa shape index (κ3) is 2.90. The molecule has 0 spiro atoms. The van der Waals surface area contributed by atoms with Crippen LogP contribution in [0.25, 0.3) is 5.57 Å². The minimum atomic E-state index is 0.150. The Bertz CT molecular complexity index is 671. The molecule has 0 unspecified atom stereocenters. The summed E-state index contributed by atoms with van der Waals surface area (Å²) >= 11 is 0. The van der Waals surface area contributed by atoms with Gasteiger partial charge < -0.3 is 14.7 Å². The van der Waals surface area contributed by atoms with Crippen LogP contribution in [0, 0.1) is 11.5 Å². The van der Waals surface area contributed by atoms with Crippen molar-refractivity contribution >= 4 is 5.57 Å². The molecular weight excluding hydrogens is 258 g/mol. The van der Waals surface area contributed by atoms with Gasteiger partial charge in [0.05, 0.1) is 6.20 Å². The van der Waals surface area contributed by atoms with Crippen LogP contribution in [0.15, 0.2) is 37.0 Å². The Labute approximate surface area is 116 Å². The lowest BCUT2D eigenvalue weighted by Gasteiger charge is -2.12. The number of benzene rings is 1. The highest BCUT2D eigenvalue weighted by molar-refractivity contribution is 5.67. The summed E-state index contributed by atoms with van der Waals surface area (Å²) in [5, 5.41) is 21.5. The van der Waals surface area contributed by atoms with E-state index in [2.05, 4.69) is 11.7 Å². The van der Waals surface area contributed by atoms with Crippen molar-refractivity contribution in [2.24, 2.45) is 0 Å². The molecule has 0 bridgehead atoms. The largest absolute Gasteiger partial charge is 0.471 e. The molecule has 102 valence electrons. The summed E-state index contributed by atoms with van der Waals surface area (Å²) in [6.07, 6.45) is 3.00. The number of allylic oxidation sites excluding steroid dienone is 1. The average molecular weight is 271 g/mol. The molecule has 0 saturated heterocycles. The molecule has 0 fully saturated rings. The zero-order chi connectivity index (χ0) is 14.5. The molecule has 1 N–H and O–H groups in total. The summed E-state index contributed by atoms with van der Waals surface area (Å²) < 4.78 is 10.4. The SMILES string of the molecule is C=C(C)c1cccc(OC#N)c1COc1ccn(O)n1. The van der Waals surface area contributed by atoms with Crippen molar-refractivity contribution in [2.75, 3.05) is 0 Å². The highest BCUT2D eigenvalue weighted by Gasteiger charge is 2.12. The zero-order valence-electron chi connectivity index (χ0n) is 10.9. The van der Waals surface area contributed by atoms with Crippen LogP contribution in [0.4, 0.5) is 0 Å². The summed E-state index contributed by atoms with van der Waals surface area (Å²) in [6.45, 7) is 5.90. The predicted molar refractivity (Wildman–Crippen MR) is 71.1 cm³/mol. The topological polar surface area (TPSA) is 80.3 Å². The molecule has 6 heteroatoms. The first kappa shape index (κ1) is 13.5. The standard InChI is InChI=1S/C14H13N3O3/c1-10(2)11-4-3-5-13(20-9-15)12(11)8-19-14-6-7-17(18)16-14/h3-7,18H,1,8H2,2H3. The van der Waals surface area contributed by atoms with Crippen LogP contribution in [0.2, 0.25) is 0 Å². The second-order valence-corrected chi connectivity index (χ2v) is 4.12. The molecule has 2 rings (SSSR count). The van der Waals surface area contributed by atoms with Gasteiger partial charge in [0, 0.05) is 11.6 Å². The fourth-order valence-electron chi connectivity index (χ4n) is 1.78. The first-order chi connectivity index (χ1) is 9.61. The lowest BCUT2D eigenvalue weighted by molar-refractivity contribution is 0.141. The van der Waals surface area contributed by atoms with Gasteiger partial charge in [-0.3, -0.25) is 0 Å². The van der Waals surface area contributed by atoms with Gasteiger partial charge in [-0.25, -0.2) is 0 Å². The van der Waals surface area contributed by atoms with Crippen molar-refractivity contribution in [3.8, 4) is 17.9 Å². The molecule has 6 nitrogen and oxygen atoms in total. The molecule has 1 aromatic heterocycles. The van der Waals surface area contributed by atoms with E-state index in [1.807, 2.05) is 13.0 Å². The minimum Gasteiger partial charge on any atom is -0.471 e. The molecule has 0 atom stereocenters. The molecule has 0 aliphatic rings. The van der Waals surface area contributed by atoms with Gasteiger partial charge >= 0.3 is 0 Å². The average Bonchev–Trinajstić information content (AvgIpc) is 2.83. The van der Waals surface area contributed by atoms with Crippen LogP contribution >= 0.6 is 0 Å². The summed E-state index contributed by atoms with van der Waals surface area (Å²) in [5.41, 5.74) is 2.38. The van der Waals surface area contributed by atoms with Gasteiger partial charge in [-0.15, -0.1) is 10.1 Å². The predicted octanol–water partition coefficient (Wildman–Crippen LogP) is 2.59. The van der Waals surface area contributed by atoms with Crippen molar-refractivity contribution in [2.45, 2.75) is 13.5 Å². The van der Waals surface area contributed by atoms with E-state index in [-0.39, 0.29) is 12.5 Å². The molecule has 0 aliphatic heterocycles. The van der Waals surface area contributed by atoms with E-state index < -0.39 is 0 Å². The number of aromatic nitrogens is 2. The molecule has 0 saturated carbocycles. The summed E-state index contributed by atoms with van der Waals surface area (Å²) in [7, 11) is 0. The second-order valence-electron chi connectivity index (χ2n) is 4.12. The Morgan fingerprint density at radius 2 is 2.30 bits per heavy atom. The fourth-order valence-corrected chi connectivity index (χ4v) is 1.78. The number of nitriles is 1. The van der Waals surface area contributed by atoms with Gasteiger partial charge in [0.2, 0.25) is 5.88 Å². The number of nitrogens with zero attached hydrogens (tertiary/aromatic N) is 3. The van der Waals surface area contributed by atoms with E-state index in [0.717, 1.165) is 11.1 Å². The van der Waals surface area contributed by atoms with Crippen molar-refractivity contribution in [3.05, 3.63) is 48.2 Å². The van der Waals surface area contributed by atoms with Crippen LogP contribution < -0.4 is 9.47 Å². The van der Waals surface area contributed by atoms with E-state index in [1.165, 1.54) is 12.3 Å². The number of rotatable bonds is 5. The van der Waals surface area contributed by atoms with Crippen molar-refractivity contribution in [1.29, 1.82) is 5.26 Å². The summed E-state index contributed by atoms with van der Waals surface area (Å²) in [6, 6.07) is 6.85. The van der Waals surface area contributed by atoms with Crippen LogP contribution in [0.1, 0.15) is 18.1 Å². The maximum Gasteiger partial charge on any atom is 0.292 e. The van der Waals surface area contributed by atoms with Crippen molar-refractivity contribution in [1.82, 2.24) is 9.94 Å². The molecular formula is C14H13N3O3. The first-order valence-electron chi connectivity index (χ1n) is 5.83. The van der Waals surface area contributed by atoms with Gasteiger partial charge in [-0.1, -0.05) is 29.4 Å². The second kappa shape index (κ2) is 5.80. The van der Waals surface area contributed by atoms with E-state index >= 15 is 0 Å². The van der Waals surface area contributed by atoms with E-state index in [1.54, 1.807) is 18.4 Å². The molecule has 0 radical (unpaired) electrons. The third-order valence-corrected chi connectivity index (χ3v) is 2.66. The molecule has 2 aromatic rings. The Morgan fingerprint density at radius 3 is 2.90 bits per heavy atom. The number of hydrogen-bond acceptors (Lipinski definition) is 5. The van der Waals surface area contributed by atoms with E-state index in [9.17, 15) is 0 Å². The highest BCUT2D eigenvalue weighted by Crippen LogP contribution is 2.28. The summed E-state index contributed by atoms with van der Waals surface area (Å²) in [4.78, 5) is 0.659. The maximum atomic E-state index is 9.08. The number of hydrogen-bond donors (Lipinski definition) is 1. The normalized spacial score (nSPS) is 9.80. The highest BCUT2D eigenvalue weighted by atomic mass is 16.5. The van der Waals surface area contributed by atoms with Crippen LogP contribution in [0.3, 0.4) is 0 Å². The Balaban J connectivity index is 2.28. The van der Waals surface area contributed by atoms with Crippen LogP contribution in [0.5, 0.6) is 11.6 Å². The minimum absolute atomic E-state index is 0.150. The van der Waals surface area contributed by atoms with Gasteiger partial charge in [-0.2, -0.15) is 0 Å². The van der Waals surface area contributed by atoms with Crippen LogP contribution in [-0.4, -0.2) is 15.2 Å². The quantitative estimate of drug-likeness (QED) is 0.667. The molecule has 1 heterocycles. The molecule has 20 heavy (non-hydrogen) atoms. The Kier molecular flexibility index (Phi) is 3.91. The van der Waals surface area contributed by atoms with Crippen molar-refractivity contribution in [3.63, 3.8) is 0 Å². The zero-order valence-corrected chi connectivity index (χ0v) is 10.9.